The Morgan fingerprint density at radius 1 is 1.42 bits per heavy atom. The normalized spacial score (nSPS) is 9.42. The van der Waals surface area contributed by atoms with Gasteiger partial charge in [0.15, 0.2) is 0 Å². The number of hydrogen-bond acceptors (Lipinski definition) is 2. The van der Waals surface area contributed by atoms with Crippen molar-refractivity contribution in [3.8, 4) is 0 Å². The topological polar surface area (TPSA) is 38.0 Å². The highest BCUT2D eigenvalue weighted by Crippen LogP contribution is 2.10. The summed E-state index contributed by atoms with van der Waals surface area (Å²) in [4.78, 5) is 0. The maximum Gasteiger partial charge on any atom is 0.0354 e. The Labute approximate surface area is 73.1 Å². The highest BCUT2D eigenvalue weighted by atomic mass is 14.9. The Morgan fingerprint density at radius 2 is 2.00 bits per heavy atom. The molecule has 0 radical (unpaired) electrons. The number of rotatable bonds is 3. The highest BCUT2D eigenvalue weighted by molar-refractivity contribution is 5.51. The van der Waals surface area contributed by atoms with Crippen molar-refractivity contribution in [2.75, 3.05) is 17.6 Å². The number of nitrogens with one attached hydrogen (secondary N) is 1. The summed E-state index contributed by atoms with van der Waals surface area (Å²) in [5, 5.41) is 3.22. The second kappa shape index (κ2) is 3.81. The van der Waals surface area contributed by atoms with E-state index >= 15 is 0 Å². The first-order chi connectivity index (χ1) is 5.68. The van der Waals surface area contributed by atoms with Crippen molar-refractivity contribution < 1.29 is 0 Å². The molecule has 0 aliphatic rings. The molecule has 0 amide bonds. The lowest BCUT2D eigenvalue weighted by atomic mass is 10.2. The zero-order valence-electron chi connectivity index (χ0n) is 7.30. The van der Waals surface area contributed by atoms with Crippen LogP contribution in [-0.2, 0) is 0 Å². The van der Waals surface area contributed by atoms with E-state index in [1.54, 1.807) is 0 Å². The van der Waals surface area contributed by atoms with Gasteiger partial charge >= 0.3 is 0 Å². The van der Waals surface area contributed by atoms with Gasteiger partial charge in [-0.15, -0.1) is 0 Å². The number of benzene rings is 1. The first kappa shape index (κ1) is 8.65. The van der Waals surface area contributed by atoms with Gasteiger partial charge in [0.25, 0.3) is 0 Å². The first-order valence-corrected chi connectivity index (χ1v) is 3.92. The first-order valence-electron chi connectivity index (χ1n) is 3.92. The van der Waals surface area contributed by atoms with Gasteiger partial charge in [-0.25, -0.2) is 0 Å². The molecule has 0 fully saturated rings. The van der Waals surface area contributed by atoms with Crippen LogP contribution in [0.3, 0.4) is 0 Å². The molecule has 0 saturated carbocycles. The molecule has 0 aliphatic heterocycles. The zero-order valence-corrected chi connectivity index (χ0v) is 7.30. The van der Waals surface area contributed by atoms with Gasteiger partial charge in [0.05, 0.1) is 0 Å². The van der Waals surface area contributed by atoms with Crippen LogP contribution in [0.5, 0.6) is 0 Å². The van der Waals surface area contributed by atoms with Crippen molar-refractivity contribution in [3.05, 3.63) is 36.4 Å². The molecule has 0 bridgehead atoms. The van der Waals surface area contributed by atoms with Crippen LogP contribution in [0.25, 0.3) is 0 Å². The SMILES string of the molecule is C=C(C)CNc1ccc(N)cc1. The Balaban J connectivity index is 2.53. The molecule has 64 valence electrons. The van der Waals surface area contributed by atoms with Crippen LogP contribution in [-0.4, -0.2) is 6.54 Å². The molecule has 2 heteroatoms. The van der Waals surface area contributed by atoms with E-state index in [9.17, 15) is 0 Å². The van der Waals surface area contributed by atoms with Crippen LogP contribution in [0.4, 0.5) is 11.4 Å². The standard InChI is InChI=1S/C10H14N2/c1-8(2)7-12-10-5-3-9(11)4-6-10/h3-6,12H,1,7,11H2,2H3. The zero-order chi connectivity index (χ0) is 8.97. The molecule has 1 aromatic rings. The fraction of sp³-hybridized carbons (Fsp3) is 0.200. The summed E-state index contributed by atoms with van der Waals surface area (Å²) in [6.45, 7) is 6.60. The maximum absolute atomic E-state index is 5.54. The average molecular weight is 162 g/mol. The molecular weight excluding hydrogens is 148 g/mol. The molecule has 0 spiro atoms. The lowest BCUT2D eigenvalue weighted by Crippen LogP contribution is -2.01. The van der Waals surface area contributed by atoms with Gasteiger partial charge in [-0.2, -0.15) is 0 Å². The van der Waals surface area contributed by atoms with E-state index in [1.165, 1.54) is 0 Å². The summed E-state index contributed by atoms with van der Waals surface area (Å²) in [6, 6.07) is 7.66. The summed E-state index contributed by atoms with van der Waals surface area (Å²) in [6.07, 6.45) is 0. The summed E-state index contributed by atoms with van der Waals surface area (Å²) in [5.41, 5.74) is 8.52. The van der Waals surface area contributed by atoms with Crippen molar-refractivity contribution >= 4 is 11.4 Å². The van der Waals surface area contributed by atoms with Gasteiger partial charge in [0.2, 0.25) is 0 Å². The molecule has 0 aromatic heterocycles. The molecule has 0 saturated heterocycles. The lowest BCUT2D eigenvalue weighted by Gasteiger charge is -2.05. The third-order valence-corrected chi connectivity index (χ3v) is 1.50. The summed E-state index contributed by atoms with van der Waals surface area (Å²) in [5.74, 6) is 0. The Hall–Kier alpha value is -1.44. The molecule has 3 N–H and O–H groups in total. The Kier molecular flexibility index (Phi) is 2.75. The van der Waals surface area contributed by atoms with Crippen LogP contribution in [0.15, 0.2) is 36.4 Å². The van der Waals surface area contributed by atoms with E-state index in [4.69, 9.17) is 5.73 Å². The van der Waals surface area contributed by atoms with E-state index in [2.05, 4.69) is 11.9 Å². The lowest BCUT2D eigenvalue weighted by molar-refractivity contribution is 1.22. The molecule has 0 unspecified atom stereocenters. The predicted molar refractivity (Wildman–Crippen MR) is 54.2 cm³/mol. The second-order valence-electron chi connectivity index (χ2n) is 2.93. The third kappa shape index (κ3) is 2.66. The minimum Gasteiger partial charge on any atom is -0.399 e. The second-order valence-corrected chi connectivity index (χ2v) is 2.93. The van der Waals surface area contributed by atoms with E-state index in [0.29, 0.717) is 0 Å². The van der Waals surface area contributed by atoms with Crippen molar-refractivity contribution in [2.45, 2.75) is 6.92 Å². The Morgan fingerprint density at radius 3 is 2.50 bits per heavy atom. The van der Waals surface area contributed by atoms with Gasteiger partial charge in [0, 0.05) is 17.9 Å². The molecule has 0 heterocycles. The monoisotopic (exact) mass is 162 g/mol. The predicted octanol–water partition coefficient (Wildman–Crippen LogP) is 2.26. The smallest absolute Gasteiger partial charge is 0.0354 e. The molecule has 1 rings (SSSR count). The number of hydrogen-bond donors (Lipinski definition) is 2. The minimum absolute atomic E-state index is 0.788. The van der Waals surface area contributed by atoms with E-state index in [-0.39, 0.29) is 0 Å². The molecule has 2 nitrogen and oxygen atoms in total. The number of anilines is 2. The number of nitrogens with two attached hydrogens (primary N) is 1. The fourth-order valence-corrected chi connectivity index (χ4v) is 0.854. The van der Waals surface area contributed by atoms with Crippen molar-refractivity contribution in [2.24, 2.45) is 0 Å². The quantitative estimate of drug-likeness (QED) is 0.528. The van der Waals surface area contributed by atoms with Gasteiger partial charge in [-0.1, -0.05) is 12.2 Å². The van der Waals surface area contributed by atoms with Crippen LogP contribution in [0, 0.1) is 0 Å². The van der Waals surface area contributed by atoms with Crippen LogP contribution < -0.4 is 11.1 Å². The summed E-state index contributed by atoms with van der Waals surface area (Å²) in [7, 11) is 0. The fourth-order valence-electron chi connectivity index (χ4n) is 0.854. The van der Waals surface area contributed by atoms with Gasteiger partial charge in [-0.3, -0.25) is 0 Å². The highest BCUT2D eigenvalue weighted by Gasteiger charge is 1.90. The summed E-state index contributed by atoms with van der Waals surface area (Å²) < 4.78 is 0. The van der Waals surface area contributed by atoms with Crippen LogP contribution in [0.1, 0.15) is 6.92 Å². The largest absolute Gasteiger partial charge is 0.399 e. The molecule has 0 aliphatic carbocycles. The van der Waals surface area contributed by atoms with Crippen molar-refractivity contribution in [3.63, 3.8) is 0 Å². The molecule has 1 aromatic carbocycles. The number of nitrogen functional groups attached to an aromatic ring is 1. The Bertz CT molecular complexity index is 262. The third-order valence-electron chi connectivity index (χ3n) is 1.50. The van der Waals surface area contributed by atoms with Crippen molar-refractivity contribution in [1.29, 1.82) is 0 Å². The molecule has 0 atom stereocenters. The maximum atomic E-state index is 5.54. The van der Waals surface area contributed by atoms with E-state index < -0.39 is 0 Å². The van der Waals surface area contributed by atoms with E-state index in [0.717, 1.165) is 23.5 Å². The van der Waals surface area contributed by atoms with Gasteiger partial charge in [-0.05, 0) is 31.2 Å². The van der Waals surface area contributed by atoms with Crippen LogP contribution in [0.2, 0.25) is 0 Å². The average Bonchev–Trinajstić information content (AvgIpc) is 2.03. The molecule has 12 heavy (non-hydrogen) atoms. The van der Waals surface area contributed by atoms with E-state index in [1.807, 2.05) is 31.2 Å². The van der Waals surface area contributed by atoms with Crippen molar-refractivity contribution in [1.82, 2.24) is 0 Å². The van der Waals surface area contributed by atoms with Gasteiger partial charge < -0.3 is 11.1 Å². The molecular formula is C10H14N2. The van der Waals surface area contributed by atoms with Crippen LogP contribution >= 0.6 is 0 Å². The van der Waals surface area contributed by atoms with Gasteiger partial charge in [0.1, 0.15) is 0 Å². The summed E-state index contributed by atoms with van der Waals surface area (Å²) >= 11 is 0. The minimum atomic E-state index is 0.788.